The Bertz CT molecular complexity index is 426. The topological polar surface area (TPSA) is 59.4 Å². The summed E-state index contributed by atoms with van der Waals surface area (Å²) in [6.45, 7) is 1.59. The van der Waals surface area contributed by atoms with Gasteiger partial charge in [-0.2, -0.15) is 0 Å². The van der Waals surface area contributed by atoms with E-state index in [9.17, 15) is 4.79 Å². The van der Waals surface area contributed by atoms with Gasteiger partial charge in [0.25, 0.3) is 0 Å². The molecule has 6 heteroatoms. The number of hydrogen-bond acceptors (Lipinski definition) is 5. The molecule has 0 saturated heterocycles. The van der Waals surface area contributed by atoms with E-state index in [2.05, 4.69) is 19.8 Å². The molecule has 1 aliphatic rings. The Kier molecular flexibility index (Phi) is 4.55. The van der Waals surface area contributed by atoms with E-state index in [-0.39, 0.29) is 5.97 Å². The summed E-state index contributed by atoms with van der Waals surface area (Å²) in [6, 6.07) is 0.0633. The number of esters is 1. The third-order valence-electron chi connectivity index (χ3n) is 3.28. The number of ether oxygens (including phenoxy) is 1. The highest BCUT2D eigenvalue weighted by Crippen LogP contribution is 2.36. The van der Waals surface area contributed by atoms with E-state index in [1.807, 2.05) is 14.1 Å². The van der Waals surface area contributed by atoms with Crippen LogP contribution in [0.2, 0.25) is 0 Å². The van der Waals surface area contributed by atoms with Gasteiger partial charge in [0.15, 0.2) is 0 Å². The number of carbonyl (C=O) groups excluding carboxylic acids is 1. The fraction of sp³-hybridized carbons (Fsp3) is 0.692. The standard InChI is InChI=1S/C13H22N4O2/c1-16(2)7-6-15-12(13(18)19-3)11-8-14-9-17(11)10-4-5-10/h8-10,12,15H,4-7H2,1-3H3. The predicted molar refractivity (Wildman–Crippen MR) is 71.8 cm³/mol. The van der Waals surface area contributed by atoms with E-state index < -0.39 is 6.04 Å². The zero-order valence-corrected chi connectivity index (χ0v) is 11.8. The number of imidazole rings is 1. The van der Waals surface area contributed by atoms with Gasteiger partial charge in [0.2, 0.25) is 0 Å². The second-order valence-electron chi connectivity index (χ2n) is 5.17. The van der Waals surface area contributed by atoms with Gasteiger partial charge < -0.3 is 14.2 Å². The quantitative estimate of drug-likeness (QED) is 0.732. The van der Waals surface area contributed by atoms with Crippen molar-refractivity contribution in [1.82, 2.24) is 19.8 Å². The van der Waals surface area contributed by atoms with Crippen molar-refractivity contribution < 1.29 is 9.53 Å². The molecular formula is C13H22N4O2. The molecular weight excluding hydrogens is 244 g/mol. The number of methoxy groups -OCH3 is 1. The van der Waals surface area contributed by atoms with Crippen molar-refractivity contribution in [3.05, 3.63) is 18.2 Å². The Balaban J connectivity index is 2.07. The SMILES string of the molecule is COC(=O)C(NCCN(C)C)c1cncn1C1CC1. The number of likely N-dealkylation sites (N-methyl/N-ethyl adjacent to an activating group) is 1. The van der Waals surface area contributed by atoms with E-state index in [0.29, 0.717) is 6.04 Å². The Labute approximate surface area is 113 Å². The number of carbonyl (C=O) groups is 1. The van der Waals surface area contributed by atoms with Crippen LogP contribution in [-0.4, -0.2) is 54.7 Å². The number of rotatable bonds is 7. The third-order valence-corrected chi connectivity index (χ3v) is 3.28. The van der Waals surface area contributed by atoms with Gasteiger partial charge in [0.05, 0.1) is 25.3 Å². The molecule has 1 fully saturated rings. The molecule has 0 amide bonds. The summed E-state index contributed by atoms with van der Waals surface area (Å²) in [4.78, 5) is 18.2. The Morgan fingerprint density at radius 1 is 1.63 bits per heavy atom. The maximum atomic E-state index is 11.9. The summed E-state index contributed by atoms with van der Waals surface area (Å²) >= 11 is 0. The van der Waals surface area contributed by atoms with Crippen molar-refractivity contribution in [3.63, 3.8) is 0 Å². The van der Waals surface area contributed by atoms with Crippen LogP contribution < -0.4 is 5.32 Å². The number of aromatic nitrogens is 2. The van der Waals surface area contributed by atoms with E-state index >= 15 is 0 Å². The highest BCUT2D eigenvalue weighted by atomic mass is 16.5. The van der Waals surface area contributed by atoms with E-state index in [1.165, 1.54) is 7.11 Å². The Morgan fingerprint density at radius 3 is 2.95 bits per heavy atom. The molecule has 1 atom stereocenters. The van der Waals surface area contributed by atoms with Crippen LogP contribution in [0.25, 0.3) is 0 Å². The van der Waals surface area contributed by atoms with Crippen molar-refractivity contribution in [3.8, 4) is 0 Å². The van der Waals surface area contributed by atoms with Gasteiger partial charge in [-0.1, -0.05) is 0 Å². The molecule has 0 spiro atoms. The summed E-state index contributed by atoms with van der Waals surface area (Å²) in [6.07, 6.45) is 5.88. The second-order valence-corrected chi connectivity index (χ2v) is 5.17. The van der Waals surface area contributed by atoms with Crippen molar-refractivity contribution in [2.75, 3.05) is 34.3 Å². The largest absolute Gasteiger partial charge is 0.468 e. The van der Waals surface area contributed by atoms with Crippen molar-refractivity contribution in [2.24, 2.45) is 0 Å². The molecule has 1 heterocycles. The van der Waals surface area contributed by atoms with Crippen LogP contribution in [0.4, 0.5) is 0 Å². The Morgan fingerprint density at radius 2 is 2.37 bits per heavy atom. The Hall–Kier alpha value is -1.40. The average molecular weight is 266 g/mol. The summed E-state index contributed by atoms with van der Waals surface area (Å²) in [5, 5.41) is 3.25. The summed E-state index contributed by atoms with van der Waals surface area (Å²) in [5.74, 6) is -0.263. The molecule has 2 rings (SSSR count). The fourth-order valence-electron chi connectivity index (χ4n) is 2.06. The first-order valence-corrected chi connectivity index (χ1v) is 6.61. The van der Waals surface area contributed by atoms with Crippen molar-refractivity contribution in [1.29, 1.82) is 0 Å². The molecule has 1 aromatic rings. The highest BCUT2D eigenvalue weighted by Gasteiger charge is 2.31. The molecule has 19 heavy (non-hydrogen) atoms. The summed E-state index contributed by atoms with van der Waals surface area (Å²) < 4.78 is 6.98. The normalized spacial score (nSPS) is 16.6. The molecule has 6 nitrogen and oxygen atoms in total. The molecule has 0 aliphatic heterocycles. The second kappa shape index (κ2) is 6.16. The molecule has 1 aromatic heterocycles. The molecule has 1 N–H and O–H groups in total. The fourth-order valence-corrected chi connectivity index (χ4v) is 2.06. The van der Waals surface area contributed by atoms with Crippen LogP contribution in [0.3, 0.4) is 0 Å². The minimum atomic E-state index is -0.437. The van der Waals surface area contributed by atoms with Crippen LogP contribution in [0.15, 0.2) is 12.5 Å². The number of nitrogens with zero attached hydrogens (tertiary/aromatic N) is 3. The predicted octanol–water partition coefficient (Wildman–Crippen LogP) is 0.583. The summed E-state index contributed by atoms with van der Waals surface area (Å²) in [5.41, 5.74) is 0.896. The van der Waals surface area contributed by atoms with Gasteiger partial charge in [0, 0.05) is 19.1 Å². The first kappa shape index (κ1) is 14.0. The van der Waals surface area contributed by atoms with E-state index in [0.717, 1.165) is 31.6 Å². The molecule has 0 aromatic carbocycles. The van der Waals surface area contributed by atoms with E-state index in [4.69, 9.17) is 4.74 Å². The van der Waals surface area contributed by atoms with E-state index in [1.54, 1.807) is 12.5 Å². The van der Waals surface area contributed by atoms with Gasteiger partial charge in [-0.3, -0.25) is 5.32 Å². The first-order valence-electron chi connectivity index (χ1n) is 6.61. The number of hydrogen-bond donors (Lipinski definition) is 1. The first-order chi connectivity index (χ1) is 9.13. The van der Waals surface area contributed by atoms with Gasteiger partial charge in [-0.25, -0.2) is 9.78 Å². The molecule has 1 saturated carbocycles. The lowest BCUT2D eigenvalue weighted by atomic mass is 10.2. The highest BCUT2D eigenvalue weighted by molar-refractivity contribution is 5.76. The zero-order valence-electron chi connectivity index (χ0n) is 11.8. The van der Waals surface area contributed by atoms with Gasteiger partial charge in [-0.15, -0.1) is 0 Å². The maximum Gasteiger partial charge on any atom is 0.329 e. The monoisotopic (exact) mass is 266 g/mol. The summed E-state index contributed by atoms with van der Waals surface area (Å²) in [7, 11) is 5.42. The molecule has 1 aliphatic carbocycles. The minimum Gasteiger partial charge on any atom is -0.468 e. The van der Waals surface area contributed by atoms with Gasteiger partial charge in [0.1, 0.15) is 6.04 Å². The zero-order chi connectivity index (χ0) is 13.8. The lowest BCUT2D eigenvalue weighted by Crippen LogP contribution is -2.35. The smallest absolute Gasteiger partial charge is 0.329 e. The van der Waals surface area contributed by atoms with Crippen LogP contribution in [0.1, 0.15) is 30.6 Å². The molecule has 0 radical (unpaired) electrons. The maximum absolute atomic E-state index is 11.9. The van der Waals surface area contributed by atoms with Crippen LogP contribution in [0, 0.1) is 0 Å². The number of nitrogens with one attached hydrogen (secondary N) is 1. The average Bonchev–Trinajstić information content (AvgIpc) is 3.12. The molecule has 0 bridgehead atoms. The molecule has 1 unspecified atom stereocenters. The lowest BCUT2D eigenvalue weighted by molar-refractivity contribution is -0.143. The third kappa shape index (κ3) is 3.54. The van der Waals surface area contributed by atoms with Gasteiger partial charge >= 0.3 is 5.97 Å². The van der Waals surface area contributed by atoms with Crippen LogP contribution in [-0.2, 0) is 9.53 Å². The van der Waals surface area contributed by atoms with Crippen LogP contribution in [0.5, 0.6) is 0 Å². The van der Waals surface area contributed by atoms with Crippen molar-refractivity contribution >= 4 is 5.97 Å². The minimum absolute atomic E-state index is 0.263. The molecule has 106 valence electrons. The lowest BCUT2D eigenvalue weighted by Gasteiger charge is -2.19. The van der Waals surface area contributed by atoms with Gasteiger partial charge in [-0.05, 0) is 26.9 Å². The van der Waals surface area contributed by atoms with Crippen LogP contribution >= 0.6 is 0 Å². The van der Waals surface area contributed by atoms with Crippen molar-refractivity contribution in [2.45, 2.75) is 24.9 Å².